The molecule has 0 amide bonds. The minimum atomic E-state index is -0.594. The number of rotatable bonds is 4. The molecule has 0 radical (unpaired) electrons. The number of hydrogen-bond donors (Lipinski definition) is 1. The van der Waals surface area contributed by atoms with Crippen LogP contribution in [-0.2, 0) is 0 Å². The fraction of sp³-hybridized carbons (Fsp3) is 0. The van der Waals surface area contributed by atoms with Gasteiger partial charge in [0, 0.05) is 17.4 Å². The first-order valence-corrected chi connectivity index (χ1v) is 7.05. The van der Waals surface area contributed by atoms with E-state index in [9.17, 15) is 4.39 Å². The summed E-state index contributed by atoms with van der Waals surface area (Å²) in [5, 5.41) is 12.3. The van der Waals surface area contributed by atoms with E-state index in [0.29, 0.717) is 5.75 Å². The summed E-state index contributed by atoms with van der Waals surface area (Å²) in [6.45, 7) is 0. The van der Waals surface area contributed by atoms with Crippen LogP contribution >= 0.6 is 0 Å². The van der Waals surface area contributed by atoms with Crippen molar-refractivity contribution in [1.29, 1.82) is 5.26 Å². The molecule has 3 nitrogen and oxygen atoms in total. The van der Waals surface area contributed by atoms with E-state index < -0.39 is 5.82 Å². The molecular formula is C19H13FN2O. The molecule has 0 spiro atoms. The summed E-state index contributed by atoms with van der Waals surface area (Å²) in [4.78, 5) is 0. The van der Waals surface area contributed by atoms with Crippen LogP contribution in [0, 0.1) is 17.1 Å². The minimum absolute atomic E-state index is 0.103. The summed E-state index contributed by atoms with van der Waals surface area (Å²) in [7, 11) is 0. The Morgan fingerprint density at radius 2 is 1.61 bits per heavy atom. The lowest BCUT2D eigenvalue weighted by molar-refractivity contribution is 0.474. The third kappa shape index (κ3) is 3.47. The second kappa shape index (κ2) is 6.63. The Bertz CT molecular complexity index is 857. The Morgan fingerprint density at radius 3 is 2.39 bits per heavy atom. The molecule has 3 aromatic rings. The van der Waals surface area contributed by atoms with E-state index in [-0.39, 0.29) is 11.3 Å². The van der Waals surface area contributed by atoms with Gasteiger partial charge in [0.05, 0.1) is 0 Å². The fourth-order valence-electron chi connectivity index (χ4n) is 2.15. The Kier molecular flexibility index (Phi) is 4.21. The molecule has 0 atom stereocenters. The van der Waals surface area contributed by atoms with Crippen LogP contribution in [0.25, 0.3) is 0 Å². The number of nitrogens with zero attached hydrogens (tertiary/aromatic N) is 1. The van der Waals surface area contributed by atoms with Gasteiger partial charge in [0.25, 0.3) is 0 Å². The number of nitrogens with one attached hydrogen (secondary N) is 1. The van der Waals surface area contributed by atoms with Gasteiger partial charge in [-0.05, 0) is 36.4 Å². The molecule has 0 unspecified atom stereocenters. The summed E-state index contributed by atoms with van der Waals surface area (Å²) in [5.41, 5.74) is 1.69. The van der Waals surface area contributed by atoms with Crippen molar-refractivity contribution in [3.63, 3.8) is 0 Å². The zero-order valence-electron chi connectivity index (χ0n) is 12.2. The number of anilines is 2. The summed E-state index contributed by atoms with van der Waals surface area (Å²) >= 11 is 0. The molecule has 112 valence electrons. The lowest BCUT2D eigenvalue weighted by atomic mass is 10.2. The zero-order chi connectivity index (χ0) is 16.1. The monoisotopic (exact) mass is 304 g/mol. The van der Waals surface area contributed by atoms with E-state index in [4.69, 9.17) is 10.00 Å². The maximum Gasteiger partial charge on any atom is 0.148 e. The highest BCUT2D eigenvalue weighted by Gasteiger charge is 2.10. The van der Waals surface area contributed by atoms with Crippen LogP contribution in [-0.4, -0.2) is 0 Å². The molecule has 0 heterocycles. The normalized spacial score (nSPS) is 9.91. The van der Waals surface area contributed by atoms with E-state index in [0.717, 1.165) is 11.4 Å². The SMILES string of the molecule is N#Cc1c(F)cccc1Oc1cccc(Nc2ccccc2)c1. The van der Waals surface area contributed by atoms with Crippen molar-refractivity contribution in [2.24, 2.45) is 0 Å². The van der Waals surface area contributed by atoms with Gasteiger partial charge in [-0.25, -0.2) is 4.39 Å². The molecule has 4 heteroatoms. The molecule has 0 bridgehead atoms. The lowest BCUT2D eigenvalue weighted by Gasteiger charge is -2.10. The van der Waals surface area contributed by atoms with Gasteiger partial charge in [0.1, 0.15) is 28.9 Å². The standard InChI is InChI=1S/C19H13FN2O/c20-18-10-5-11-19(17(18)13-21)23-16-9-4-8-15(12-16)22-14-6-2-1-3-7-14/h1-12,22H. The Balaban J connectivity index is 1.84. The molecule has 3 rings (SSSR count). The first kappa shape index (κ1) is 14.6. The molecule has 23 heavy (non-hydrogen) atoms. The van der Waals surface area contributed by atoms with Gasteiger partial charge in [-0.2, -0.15) is 5.26 Å². The average molecular weight is 304 g/mol. The second-order valence-electron chi connectivity index (χ2n) is 4.85. The quantitative estimate of drug-likeness (QED) is 0.717. The van der Waals surface area contributed by atoms with Gasteiger partial charge in [-0.3, -0.25) is 0 Å². The van der Waals surface area contributed by atoms with Crippen LogP contribution < -0.4 is 10.1 Å². The average Bonchev–Trinajstić information content (AvgIpc) is 2.56. The van der Waals surface area contributed by atoms with E-state index in [2.05, 4.69) is 5.32 Å². The Labute approximate surface area is 133 Å². The second-order valence-corrected chi connectivity index (χ2v) is 4.85. The van der Waals surface area contributed by atoms with E-state index in [1.165, 1.54) is 12.1 Å². The molecule has 3 aromatic carbocycles. The topological polar surface area (TPSA) is 45.0 Å². The smallest absolute Gasteiger partial charge is 0.148 e. The maximum absolute atomic E-state index is 13.6. The van der Waals surface area contributed by atoms with Crippen LogP contribution in [0.4, 0.5) is 15.8 Å². The summed E-state index contributed by atoms with van der Waals surface area (Å²) in [6.07, 6.45) is 0. The van der Waals surface area contributed by atoms with Gasteiger partial charge >= 0.3 is 0 Å². The van der Waals surface area contributed by atoms with Crippen molar-refractivity contribution in [3.8, 4) is 17.6 Å². The third-order valence-corrected chi connectivity index (χ3v) is 3.21. The summed E-state index contributed by atoms with van der Waals surface area (Å²) < 4.78 is 19.3. The minimum Gasteiger partial charge on any atom is -0.456 e. The highest BCUT2D eigenvalue weighted by Crippen LogP contribution is 2.29. The maximum atomic E-state index is 13.6. The van der Waals surface area contributed by atoms with Crippen molar-refractivity contribution in [2.75, 3.05) is 5.32 Å². The van der Waals surface area contributed by atoms with Crippen LogP contribution in [0.5, 0.6) is 11.5 Å². The highest BCUT2D eigenvalue weighted by atomic mass is 19.1. The molecule has 0 saturated heterocycles. The van der Waals surface area contributed by atoms with Crippen LogP contribution in [0.3, 0.4) is 0 Å². The molecule has 1 N–H and O–H groups in total. The van der Waals surface area contributed by atoms with Crippen LogP contribution in [0.1, 0.15) is 5.56 Å². The van der Waals surface area contributed by atoms with Gasteiger partial charge < -0.3 is 10.1 Å². The van der Waals surface area contributed by atoms with Crippen molar-refractivity contribution in [3.05, 3.63) is 84.2 Å². The molecule has 0 saturated carbocycles. The molecule has 0 aromatic heterocycles. The molecule has 0 aliphatic carbocycles. The van der Waals surface area contributed by atoms with Gasteiger partial charge in [0.2, 0.25) is 0 Å². The van der Waals surface area contributed by atoms with Crippen LogP contribution in [0.15, 0.2) is 72.8 Å². The van der Waals surface area contributed by atoms with E-state index in [1.54, 1.807) is 18.2 Å². The first-order valence-electron chi connectivity index (χ1n) is 7.05. The van der Waals surface area contributed by atoms with Crippen LogP contribution in [0.2, 0.25) is 0 Å². The van der Waals surface area contributed by atoms with Crippen molar-refractivity contribution in [2.45, 2.75) is 0 Å². The highest BCUT2D eigenvalue weighted by molar-refractivity contribution is 5.61. The molecule has 0 fully saturated rings. The lowest BCUT2D eigenvalue weighted by Crippen LogP contribution is -1.93. The Morgan fingerprint density at radius 1 is 0.870 bits per heavy atom. The molecule has 0 aliphatic heterocycles. The zero-order valence-corrected chi connectivity index (χ0v) is 12.2. The third-order valence-electron chi connectivity index (χ3n) is 3.21. The Hall–Kier alpha value is -3.32. The number of para-hydroxylation sites is 1. The predicted octanol–water partition coefficient (Wildman–Crippen LogP) is 5.23. The summed E-state index contributed by atoms with van der Waals surface area (Å²) in [6, 6.07) is 23.1. The largest absolute Gasteiger partial charge is 0.456 e. The fourth-order valence-corrected chi connectivity index (χ4v) is 2.15. The number of benzene rings is 3. The van der Waals surface area contributed by atoms with E-state index in [1.807, 2.05) is 48.5 Å². The van der Waals surface area contributed by atoms with Crippen molar-refractivity contribution >= 4 is 11.4 Å². The summed E-state index contributed by atoms with van der Waals surface area (Å²) in [5.74, 6) is 0.126. The van der Waals surface area contributed by atoms with Gasteiger partial charge in [-0.15, -0.1) is 0 Å². The first-order chi connectivity index (χ1) is 11.3. The number of halogens is 1. The number of nitriles is 1. The molecule has 0 aliphatic rings. The van der Waals surface area contributed by atoms with Gasteiger partial charge in [0.15, 0.2) is 0 Å². The van der Waals surface area contributed by atoms with Crippen molar-refractivity contribution < 1.29 is 9.13 Å². The van der Waals surface area contributed by atoms with E-state index >= 15 is 0 Å². The predicted molar refractivity (Wildman–Crippen MR) is 87.4 cm³/mol. The number of ether oxygens (including phenoxy) is 1. The van der Waals surface area contributed by atoms with Gasteiger partial charge in [-0.1, -0.05) is 30.3 Å². The molecular weight excluding hydrogens is 291 g/mol. The number of hydrogen-bond acceptors (Lipinski definition) is 3. The van der Waals surface area contributed by atoms with Crippen molar-refractivity contribution in [1.82, 2.24) is 0 Å².